The Balaban J connectivity index is 2.12. The van der Waals surface area contributed by atoms with Gasteiger partial charge in [-0.3, -0.25) is 11.3 Å². The minimum atomic E-state index is 0.249. The Morgan fingerprint density at radius 3 is 2.38 bits per heavy atom. The molecule has 16 heavy (non-hydrogen) atoms. The van der Waals surface area contributed by atoms with Crippen molar-refractivity contribution in [3.05, 3.63) is 29.8 Å². The number of methoxy groups -OCH3 is 1. The predicted octanol–water partition coefficient (Wildman–Crippen LogP) is 2.25. The third-order valence-corrected chi connectivity index (χ3v) is 3.55. The summed E-state index contributed by atoms with van der Waals surface area (Å²) in [5.41, 5.74) is 4.17. The molecule has 1 saturated carbocycles. The van der Waals surface area contributed by atoms with Crippen LogP contribution in [0.2, 0.25) is 0 Å². The molecule has 0 aliphatic heterocycles. The highest BCUT2D eigenvalue weighted by atomic mass is 16.5. The van der Waals surface area contributed by atoms with E-state index in [1.165, 1.54) is 18.4 Å². The lowest BCUT2D eigenvalue weighted by molar-refractivity contribution is 0.353. The Labute approximate surface area is 97.0 Å². The number of ether oxygens (including phenoxy) is 1. The summed E-state index contributed by atoms with van der Waals surface area (Å²) in [6.45, 7) is 2.27. The molecule has 1 aromatic carbocycles. The van der Waals surface area contributed by atoms with Crippen LogP contribution in [0.25, 0.3) is 0 Å². The van der Waals surface area contributed by atoms with E-state index in [-0.39, 0.29) is 6.04 Å². The third-order valence-electron chi connectivity index (χ3n) is 3.55. The number of nitrogens with one attached hydrogen (secondary N) is 1. The molecule has 0 saturated heterocycles. The molecule has 2 atom stereocenters. The average Bonchev–Trinajstić information content (AvgIpc) is 3.14. The normalized spacial score (nSPS) is 19.2. The van der Waals surface area contributed by atoms with Crippen LogP contribution in [0.5, 0.6) is 5.75 Å². The Hall–Kier alpha value is -1.06. The molecule has 3 nitrogen and oxygen atoms in total. The van der Waals surface area contributed by atoms with Crippen molar-refractivity contribution in [2.24, 2.45) is 17.7 Å². The Morgan fingerprint density at radius 2 is 1.94 bits per heavy atom. The third kappa shape index (κ3) is 2.36. The van der Waals surface area contributed by atoms with Crippen molar-refractivity contribution in [2.45, 2.75) is 25.8 Å². The van der Waals surface area contributed by atoms with E-state index in [9.17, 15) is 0 Å². The average molecular weight is 220 g/mol. The van der Waals surface area contributed by atoms with Crippen LogP contribution in [0, 0.1) is 11.8 Å². The fraction of sp³-hybridized carbons (Fsp3) is 0.538. The maximum Gasteiger partial charge on any atom is 0.118 e. The molecule has 1 aliphatic rings. The second-order valence-electron chi connectivity index (χ2n) is 4.61. The quantitative estimate of drug-likeness (QED) is 0.591. The molecule has 0 radical (unpaired) electrons. The van der Waals surface area contributed by atoms with Crippen LogP contribution in [0.1, 0.15) is 31.4 Å². The van der Waals surface area contributed by atoms with Gasteiger partial charge in [-0.05, 0) is 42.4 Å². The van der Waals surface area contributed by atoms with E-state index in [2.05, 4.69) is 24.5 Å². The first-order chi connectivity index (χ1) is 7.76. The van der Waals surface area contributed by atoms with Gasteiger partial charge in [-0.15, -0.1) is 0 Å². The molecule has 0 aromatic heterocycles. The summed E-state index contributed by atoms with van der Waals surface area (Å²) < 4.78 is 5.15. The van der Waals surface area contributed by atoms with Crippen LogP contribution in [0.4, 0.5) is 0 Å². The monoisotopic (exact) mass is 220 g/mol. The van der Waals surface area contributed by atoms with Gasteiger partial charge in [0.05, 0.1) is 7.11 Å². The van der Waals surface area contributed by atoms with Crippen molar-refractivity contribution in [2.75, 3.05) is 7.11 Å². The molecule has 1 aromatic rings. The molecule has 2 unspecified atom stereocenters. The van der Waals surface area contributed by atoms with Gasteiger partial charge in [-0.1, -0.05) is 19.1 Å². The SMILES string of the molecule is COc1ccc(C(NN)C(C)C2CC2)cc1. The van der Waals surface area contributed by atoms with Gasteiger partial charge >= 0.3 is 0 Å². The first-order valence-electron chi connectivity index (χ1n) is 5.86. The second-order valence-corrected chi connectivity index (χ2v) is 4.61. The van der Waals surface area contributed by atoms with Gasteiger partial charge in [-0.25, -0.2) is 0 Å². The molecular formula is C13H20N2O. The molecule has 0 heterocycles. The second kappa shape index (κ2) is 4.85. The summed E-state index contributed by atoms with van der Waals surface area (Å²) in [5.74, 6) is 7.98. The van der Waals surface area contributed by atoms with Crippen LogP contribution in [0.15, 0.2) is 24.3 Å². The van der Waals surface area contributed by atoms with Crippen LogP contribution in [-0.2, 0) is 0 Å². The number of nitrogens with two attached hydrogens (primary N) is 1. The van der Waals surface area contributed by atoms with Gasteiger partial charge in [0.25, 0.3) is 0 Å². The van der Waals surface area contributed by atoms with Gasteiger partial charge in [-0.2, -0.15) is 0 Å². The van der Waals surface area contributed by atoms with Gasteiger partial charge in [0, 0.05) is 6.04 Å². The Morgan fingerprint density at radius 1 is 1.31 bits per heavy atom. The Kier molecular flexibility index (Phi) is 3.46. The highest BCUT2D eigenvalue weighted by Crippen LogP contribution is 2.42. The number of benzene rings is 1. The highest BCUT2D eigenvalue weighted by molar-refractivity contribution is 5.29. The van der Waals surface area contributed by atoms with Crippen molar-refractivity contribution in [3.8, 4) is 5.75 Å². The van der Waals surface area contributed by atoms with Crippen molar-refractivity contribution >= 4 is 0 Å². The summed E-state index contributed by atoms with van der Waals surface area (Å²) in [4.78, 5) is 0. The molecule has 1 fully saturated rings. The molecule has 1 aliphatic carbocycles. The molecule has 3 N–H and O–H groups in total. The number of hydrogen-bond donors (Lipinski definition) is 2. The molecule has 2 rings (SSSR count). The zero-order valence-corrected chi connectivity index (χ0v) is 9.94. The minimum absolute atomic E-state index is 0.249. The van der Waals surface area contributed by atoms with Crippen LogP contribution in [0.3, 0.4) is 0 Å². The van der Waals surface area contributed by atoms with Crippen molar-refractivity contribution in [1.29, 1.82) is 0 Å². The molecule has 0 amide bonds. The van der Waals surface area contributed by atoms with E-state index in [0.29, 0.717) is 5.92 Å². The van der Waals surface area contributed by atoms with Crippen molar-refractivity contribution < 1.29 is 4.74 Å². The molecular weight excluding hydrogens is 200 g/mol. The first-order valence-corrected chi connectivity index (χ1v) is 5.86. The van der Waals surface area contributed by atoms with E-state index >= 15 is 0 Å². The zero-order chi connectivity index (χ0) is 11.5. The van der Waals surface area contributed by atoms with Gasteiger partial charge in [0.1, 0.15) is 5.75 Å². The number of hydrogen-bond acceptors (Lipinski definition) is 3. The fourth-order valence-electron chi connectivity index (χ4n) is 2.26. The van der Waals surface area contributed by atoms with E-state index in [4.69, 9.17) is 10.6 Å². The lowest BCUT2D eigenvalue weighted by atomic mass is 9.91. The lowest BCUT2D eigenvalue weighted by Crippen LogP contribution is -2.33. The van der Waals surface area contributed by atoms with Gasteiger partial charge in [0.2, 0.25) is 0 Å². The number of rotatable bonds is 5. The minimum Gasteiger partial charge on any atom is -0.497 e. The van der Waals surface area contributed by atoms with Crippen LogP contribution >= 0.6 is 0 Å². The molecule has 3 heteroatoms. The Bertz CT molecular complexity index is 332. The predicted molar refractivity (Wildman–Crippen MR) is 64.9 cm³/mol. The van der Waals surface area contributed by atoms with Crippen LogP contribution < -0.4 is 16.0 Å². The molecule has 88 valence electrons. The largest absolute Gasteiger partial charge is 0.497 e. The first kappa shape index (κ1) is 11.4. The van der Waals surface area contributed by atoms with Gasteiger partial charge < -0.3 is 4.74 Å². The van der Waals surface area contributed by atoms with Crippen LogP contribution in [-0.4, -0.2) is 7.11 Å². The van der Waals surface area contributed by atoms with E-state index in [0.717, 1.165) is 11.7 Å². The van der Waals surface area contributed by atoms with E-state index in [1.807, 2.05) is 12.1 Å². The standard InChI is InChI=1S/C13H20N2O/c1-9(10-3-4-10)13(15-14)11-5-7-12(16-2)8-6-11/h5-10,13,15H,3-4,14H2,1-2H3. The summed E-state index contributed by atoms with van der Waals surface area (Å²) >= 11 is 0. The topological polar surface area (TPSA) is 47.3 Å². The smallest absolute Gasteiger partial charge is 0.118 e. The highest BCUT2D eigenvalue weighted by Gasteiger charge is 2.33. The lowest BCUT2D eigenvalue weighted by Gasteiger charge is -2.23. The van der Waals surface area contributed by atoms with E-state index < -0.39 is 0 Å². The van der Waals surface area contributed by atoms with Crippen molar-refractivity contribution in [3.63, 3.8) is 0 Å². The zero-order valence-electron chi connectivity index (χ0n) is 9.94. The summed E-state index contributed by atoms with van der Waals surface area (Å²) in [6.07, 6.45) is 2.69. The molecule has 0 bridgehead atoms. The maximum absolute atomic E-state index is 5.66. The molecule has 0 spiro atoms. The van der Waals surface area contributed by atoms with Gasteiger partial charge in [0.15, 0.2) is 0 Å². The van der Waals surface area contributed by atoms with Crippen molar-refractivity contribution in [1.82, 2.24) is 5.43 Å². The maximum atomic E-state index is 5.66. The van der Waals surface area contributed by atoms with E-state index in [1.54, 1.807) is 7.11 Å². The fourth-order valence-corrected chi connectivity index (χ4v) is 2.26. The number of hydrazine groups is 1. The summed E-state index contributed by atoms with van der Waals surface area (Å²) in [5, 5.41) is 0. The summed E-state index contributed by atoms with van der Waals surface area (Å²) in [7, 11) is 1.68. The summed E-state index contributed by atoms with van der Waals surface area (Å²) in [6, 6.07) is 8.39.